The van der Waals surface area contributed by atoms with E-state index >= 15 is 4.39 Å². The van der Waals surface area contributed by atoms with Gasteiger partial charge < -0.3 is 19.1 Å². The van der Waals surface area contributed by atoms with Gasteiger partial charge in [-0.2, -0.15) is 10.1 Å². The number of hydrogen-bond donors (Lipinski definition) is 2. The number of nitrogens with zero attached hydrogens (tertiary/aromatic N) is 5. The molecule has 0 atom stereocenters. The molecule has 1 saturated heterocycles. The van der Waals surface area contributed by atoms with E-state index in [1.54, 1.807) is 24.4 Å². The van der Waals surface area contributed by atoms with Crippen molar-refractivity contribution in [2.45, 2.75) is 50.8 Å². The number of anilines is 1. The van der Waals surface area contributed by atoms with Crippen LogP contribution in [0.1, 0.15) is 32.4 Å². The van der Waals surface area contributed by atoms with E-state index in [1.165, 1.54) is 18.0 Å². The molecule has 0 bridgehead atoms. The molecule has 1 aliphatic rings. The first-order valence-electron chi connectivity index (χ1n) is 12.3. The fraction of sp³-hybridized carbons (Fsp3) is 0.385. The van der Waals surface area contributed by atoms with E-state index in [1.807, 2.05) is 26.8 Å². The topological polar surface area (TPSA) is 101 Å². The van der Waals surface area contributed by atoms with Gasteiger partial charge in [-0.25, -0.2) is 14.4 Å². The summed E-state index contributed by atoms with van der Waals surface area (Å²) in [5.41, 5.74) is 2.20. The molecule has 3 aromatic heterocycles. The van der Waals surface area contributed by atoms with Crippen molar-refractivity contribution in [1.82, 2.24) is 30.0 Å². The summed E-state index contributed by atoms with van der Waals surface area (Å²) in [4.78, 5) is 15.8. The Kier molecular flexibility index (Phi) is 7.43. The number of fused-ring (bicyclic) bond motifs is 1. The van der Waals surface area contributed by atoms with E-state index in [-0.39, 0.29) is 12.2 Å². The molecule has 194 valence electrons. The van der Waals surface area contributed by atoms with E-state index in [4.69, 9.17) is 14.5 Å². The minimum Gasteiger partial charge on any atom is -0.491 e. The van der Waals surface area contributed by atoms with Crippen molar-refractivity contribution in [1.29, 1.82) is 0 Å². The number of nitrogens with one attached hydrogen (secondary N) is 2. The van der Waals surface area contributed by atoms with Crippen LogP contribution in [-0.4, -0.2) is 62.4 Å². The fourth-order valence-electron chi connectivity index (χ4n) is 4.14. The number of hydrogen-bond acceptors (Lipinski definition) is 9. The van der Waals surface area contributed by atoms with Crippen molar-refractivity contribution in [2.24, 2.45) is 0 Å². The molecule has 11 heteroatoms. The third-order valence-corrected chi connectivity index (χ3v) is 6.83. The van der Waals surface area contributed by atoms with E-state index in [2.05, 4.69) is 36.8 Å². The molecule has 1 fully saturated rings. The minimum atomic E-state index is -0.431. The van der Waals surface area contributed by atoms with E-state index < -0.39 is 5.82 Å². The zero-order chi connectivity index (χ0) is 25.9. The third kappa shape index (κ3) is 5.94. The molecule has 1 aliphatic heterocycles. The Morgan fingerprint density at radius 2 is 1.97 bits per heavy atom. The number of aromatic nitrogens is 5. The monoisotopic (exact) mass is 523 g/mol. The molecule has 1 aromatic carbocycles. The zero-order valence-electron chi connectivity index (χ0n) is 21.3. The summed E-state index contributed by atoms with van der Waals surface area (Å²) < 4.78 is 30.1. The van der Waals surface area contributed by atoms with Gasteiger partial charge in [-0.1, -0.05) is 0 Å². The van der Waals surface area contributed by atoms with Crippen LogP contribution < -0.4 is 14.2 Å². The van der Waals surface area contributed by atoms with Crippen LogP contribution in [0, 0.1) is 12.7 Å². The Labute approximate surface area is 219 Å². The van der Waals surface area contributed by atoms with Gasteiger partial charge >= 0.3 is 0 Å². The number of piperidine rings is 1. The number of ether oxygens (including phenoxy) is 2. The number of pyridine rings is 1. The van der Waals surface area contributed by atoms with Crippen LogP contribution in [0.4, 0.5) is 10.1 Å². The summed E-state index contributed by atoms with van der Waals surface area (Å²) in [6.07, 6.45) is 3.62. The summed E-state index contributed by atoms with van der Waals surface area (Å²) >= 11 is 1.21. The van der Waals surface area contributed by atoms with Crippen molar-refractivity contribution >= 4 is 28.7 Å². The summed E-state index contributed by atoms with van der Waals surface area (Å²) in [6, 6.07) is 8.45. The van der Waals surface area contributed by atoms with Crippen molar-refractivity contribution in [3.63, 3.8) is 0 Å². The Morgan fingerprint density at radius 3 is 2.73 bits per heavy atom. The summed E-state index contributed by atoms with van der Waals surface area (Å²) in [7, 11) is 2.11. The van der Waals surface area contributed by atoms with Crippen LogP contribution >= 0.6 is 11.9 Å². The Hall–Kier alpha value is -3.44. The van der Waals surface area contributed by atoms with Gasteiger partial charge in [0, 0.05) is 48.6 Å². The molecule has 0 radical (unpaired) electrons. The minimum absolute atomic E-state index is 0.0558. The van der Waals surface area contributed by atoms with Gasteiger partial charge in [0.05, 0.1) is 11.8 Å². The standard InChI is InChI=1S/C26H30FN7O2S/c1-15(2)35-19-7-10-28-22(14-19)37-33-21-6-5-17(13-20(21)27)24-29-25-23(16(3)31-32-25)26(30-24)36-18-8-11-34(4)12-9-18/h5-7,10,13-15,18,33H,8-9,11-12H2,1-4H3,(H,29,30,31,32). The molecule has 0 unspecified atom stereocenters. The normalized spacial score (nSPS) is 14.9. The summed E-state index contributed by atoms with van der Waals surface area (Å²) in [5.74, 6) is 1.12. The number of halogens is 1. The van der Waals surface area contributed by atoms with Crippen molar-refractivity contribution in [3.05, 3.63) is 48.0 Å². The Balaban J connectivity index is 1.35. The number of likely N-dealkylation sites (tertiary alicyclic amines) is 1. The van der Waals surface area contributed by atoms with Gasteiger partial charge in [0.2, 0.25) is 5.88 Å². The summed E-state index contributed by atoms with van der Waals surface area (Å²) in [5, 5.41) is 8.70. The maximum Gasteiger partial charge on any atom is 0.228 e. The van der Waals surface area contributed by atoms with Crippen LogP contribution in [0.3, 0.4) is 0 Å². The van der Waals surface area contributed by atoms with Gasteiger partial charge in [-0.05, 0) is 64.9 Å². The van der Waals surface area contributed by atoms with Gasteiger partial charge in [-0.15, -0.1) is 0 Å². The van der Waals surface area contributed by atoms with E-state index in [0.717, 1.165) is 37.0 Å². The van der Waals surface area contributed by atoms with Crippen LogP contribution in [0.15, 0.2) is 41.6 Å². The lowest BCUT2D eigenvalue weighted by molar-refractivity contribution is 0.111. The predicted molar refractivity (Wildman–Crippen MR) is 142 cm³/mol. The smallest absolute Gasteiger partial charge is 0.228 e. The number of aromatic amines is 1. The van der Waals surface area contributed by atoms with Crippen molar-refractivity contribution in [2.75, 3.05) is 24.9 Å². The highest BCUT2D eigenvalue weighted by Gasteiger charge is 2.22. The second kappa shape index (κ2) is 10.9. The fourth-order valence-corrected chi connectivity index (χ4v) is 4.81. The lowest BCUT2D eigenvalue weighted by Crippen LogP contribution is -2.35. The number of H-pyrrole nitrogens is 1. The van der Waals surface area contributed by atoms with E-state index in [9.17, 15) is 0 Å². The van der Waals surface area contributed by atoms with Crippen LogP contribution in [0.2, 0.25) is 0 Å². The van der Waals surface area contributed by atoms with Crippen LogP contribution in [0.5, 0.6) is 11.6 Å². The van der Waals surface area contributed by atoms with Gasteiger partial charge in [0.15, 0.2) is 11.5 Å². The lowest BCUT2D eigenvalue weighted by Gasteiger charge is -2.29. The first-order valence-corrected chi connectivity index (χ1v) is 13.1. The zero-order valence-corrected chi connectivity index (χ0v) is 22.1. The van der Waals surface area contributed by atoms with Gasteiger partial charge in [0.25, 0.3) is 0 Å². The molecule has 4 heterocycles. The number of aryl methyl sites for hydroxylation is 1. The Morgan fingerprint density at radius 1 is 1.16 bits per heavy atom. The highest BCUT2D eigenvalue weighted by molar-refractivity contribution is 8.00. The predicted octanol–water partition coefficient (Wildman–Crippen LogP) is 5.24. The van der Waals surface area contributed by atoms with Crippen molar-refractivity contribution < 1.29 is 13.9 Å². The molecular formula is C26H30FN7O2S. The Bertz CT molecular complexity index is 1390. The highest BCUT2D eigenvalue weighted by Crippen LogP contribution is 2.32. The van der Waals surface area contributed by atoms with Gasteiger partial charge in [-0.3, -0.25) is 5.10 Å². The SMILES string of the molecule is Cc1[nH]nc2nc(-c3ccc(NSc4cc(OC(C)C)ccn4)c(F)c3)nc(OC3CCN(C)CC3)c12. The second-order valence-corrected chi connectivity index (χ2v) is 10.2. The second-order valence-electron chi connectivity index (χ2n) is 9.42. The number of rotatable bonds is 8. The molecule has 9 nitrogen and oxygen atoms in total. The van der Waals surface area contributed by atoms with Gasteiger partial charge in [0.1, 0.15) is 28.1 Å². The first kappa shape index (κ1) is 25.2. The third-order valence-electron chi connectivity index (χ3n) is 6.08. The molecule has 2 N–H and O–H groups in total. The number of benzene rings is 1. The molecule has 37 heavy (non-hydrogen) atoms. The van der Waals surface area contributed by atoms with Crippen LogP contribution in [-0.2, 0) is 0 Å². The molecular weight excluding hydrogens is 493 g/mol. The van der Waals surface area contributed by atoms with Crippen LogP contribution in [0.25, 0.3) is 22.4 Å². The van der Waals surface area contributed by atoms with E-state index in [0.29, 0.717) is 39.4 Å². The molecule has 4 aromatic rings. The molecule has 0 amide bonds. The maximum atomic E-state index is 15.1. The average Bonchev–Trinajstić information content (AvgIpc) is 3.25. The molecule has 0 aliphatic carbocycles. The largest absolute Gasteiger partial charge is 0.491 e. The van der Waals surface area contributed by atoms with Crippen molar-refractivity contribution in [3.8, 4) is 23.0 Å². The lowest BCUT2D eigenvalue weighted by atomic mass is 10.1. The quantitative estimate of drug-likeness (QED) is 0.300. The molecule has 0 spiro atoms. The maximum absolute atomic E-state index is 15.1. The summed E-state index contributed by atoms with van der Waals surface area (Å²) in [6.45, 7) is 7.77. The highest BCUT2D eigenvalue weighted by atomic mass is 32.2. The molecule has 0 saturated carbocycles. The average molecular weight is 524 g/mol. The molecule has 5 rings (SSSR count). The first-order chi connectivity index (χ1) is 17.9.